The molecule has 0 saturated carbocycles. The van der Waals surface area contributed by atoms with E-state index in [1.165, 1.54) is 25.0 Å². The molecule has 0 N–H and O–H groups in total. The normalized spacial score (nSPS) is 18.1. The number of methoxy groups -OCH3 is 2. The summed E-state index contributed by atoms with van der Waals surface area (Å²) in [6, 6.07) is 1.34. The number of carbonyl (C=O) groups excluding carboxylic acids is 3. The third-order valence-electron chi connectivity index (χ3n) is 2.86. The maximum Gasteiger partial charge on any atom is 0.358 e. The highest BCUT2D eigenvalue weighted by molar-refractivity contribution is 6.09. The van der Waals surface area contributed by atoms with Gasteiger partial charge in [-0.25, -0.2) is 4.79 Å². The van der Waals surface area contributed by atoms with Gasteiger partial charge in [0, 0.05) is 12.6 Å². The predicted octanol–water partition coefficient (Wildman–Crippen LogP) is 0.0453. The van der Waals surface area contributed by atoms with Crippen LogP contribution in [-0.4, -0.2) is 41.7 Å². The first-order chi connectivity index (χ1) is 8.58. The van der Waals surface area contributed by atoms with Gasteiger partial charge in [0.05, 0.1) is 14.2 Å². The molecule has 0 aromatic carbocycles. The number of ether oxygens (including phenoxy) is 2. The maximum atomic E-state index is 12.0. The van der Waals surface area contributed by atoms with Gasteiger partial charge in [0.25, 0.3) is 0 Å². The summed E-state index contributed by atoms with van der Waals surface area (Å²) < 4.78 is 10.5. The number of fused-ring (bicyclic) bond motifs is 1. The molecular weight excluding hydrogens is 240 g/mol. The van der Waals surface area contributed by atoms with Crippen LogP contribution in [0.5, 0.6) is 0 Å². The summed E-state index contributed by atoms with van der Waals surface area (Å²) in [6.45, 7) is 0.387. The topological polar surface area (TPSA) is 87.5 Å². The fourth-order valence-electron chi connectivity index (χ4n) is 1.92. The lowest BCUT2D eigenvalue weighted by atomic mass is 9.95. The molecular formula is C11H12N2O5. The molecule has 1 aromatic rings. The van der Waals surface area contributed by atoms with E-state index in [0.29, 0.717) is 13.0 Å². The van der Waals surface area contributed by atoms with Gasteiger partial charge < -0.3 is 9.47 Å². The van der Waals surface area contributed by atoms with Crippen molar-refractivity contribution in [3.05, 3.63) is 17.5 Å². The number of ketones is 1. The first kappa shape index (κ1) is 12.3. The smallest absolute Gasteiger partial charge is 0.358 e. The van der Waals surface area contributed by atoms with Gasteiger partial charge in [0.1, 0.15) is 11.6 Å². The molecule has 1 atom stereocenters. The zero-order valence-corrected chi connectivity index (χ0v) is 10.0. The Labute approximate surface area is 103 Å². The van der Waals surface area contributed by atoms with Gasteiger partial charge in [-0.3, -0.25) is 14.3 Å². The van der Waals surface area contributed by atoms with Crippen LogP contribution in [0.25, 0.3) is 0 Å². The monoisotopic (exact) mass is 252 g/mol. The van der Waals surface area contributed by atoms with Crippen molar-refractivity contribution in [2.75, 3.05) is 14.2 Å². The number of Topliss-reactive ketones (excluding diaryl/α,β-unsaturated/α-hetero) is 1. The van der Waals surface area contributed by atoms with E-state index in [1.807, 2.05) is 0 Å². The van der Waals surface area contributed by atoms with Crippen LogP contribution in [0, 0.1) is 5.92 Å². The van der Waals surface area contributed by atoms with Crippen molar-refractivity contribution in [1.82, 2.24) is 9.78 Å². The minimum absolute atomic E-state index is 0.0614. The van der Waals surface area contributed by atoms with E-state index in [9.17, 15) is 14.4 Å². The van der Waals surface area contributed by atoms with Gasteiger partial charge in [0.2, 0.25) is 0 Å². The van der Waals surface area contributed by atoms with Crippen LogP contribution in [0.3, 0.4) is 0 Å². The molecule has 18 heavy (non-hydrogen) atoms. The lowest BCUT2D eigenvalue weighted by molar-refractivity contribution is -0.144. The molecule has 0 unspecified atom stereocenters. The Hall–Kier alpha value is -2.18. The standard InChI is InChI=1S/C11H12N2O5/c1-17-10(15)6-3-4-13-8(9(6)14)5-7(12-13)11(16)18-2/h5-6H,3-4H2,1-2H3/t6-/m1/s1. The molecule has 2 heterocycles. The van der Waals surface area contributed by atoms with E-state index in [4.69, 9.17) is 0 Å². The first-order valence-electron chi connectivity index (χ1n) is 5.36. The molecule has 0 bridgehead atoms. The zero-order valence-electron chi connectivity index (χ0n) is 10.0. The molecule has 0 saturated heterocycles. The first-order valence-corrected chi connectivity index (χ1v) is 5.36. The lowest BCUT2D eigenvalue weighted by Crippen LogP contribution is -2.33. The molecule has 7 nitrogen and oxygen atoms in total. The average molecular weight is 252 g/mol. The number of aromatic nitrogens is 2. The second-order valence-electron chi connectivity index (χ2n) is 3.86. The summed E-state index contributed by atoms with van der Waals surface area (Å²) in [5.41, 5.74) is 0.295. The van der Waals surface area contributed by atoms with Gasteiger partial charge >= 0.3 is 11.9 Å². The highest BCUT2D eigenvalue weighted by Gasteiger charge is 2.35. The van der Waals surface area contributed by atoms with Crippen LogP contribution in [0.4, 0.5) is 0 Å². The van der Waals surface area contributed by atoms with Crippen molar-refractivity contribution < 1.29 is 23.9 Å². The summed E-state index contributed by atoms with van der Waals surface area (Å²) in [5, 5.41) is 3.96. The third kappa shape index (κ3) is 1.87. The highest BCUT2D eigenvalue weighted by Crippen LogP contribution is 2.22. The summed E-state index contributed by atoms with van der Waals surface area (Å²) >= 11 is 0. The second kappa shape index (κ2) is 4.59. The van der Waals surface area contributed by atoms with E-state index >= 15 is 0 Å². The van der Waals surface area contributed by atoms with Crippen LogP contribution < -0.4 is 0 Å². The van der Waals surface area contributed by atoms with Crippen molar-refractivity contribution in [3.63, 3.8) is 0 Å². The van der Waals surface area contributed by atoms with Gasteiger partial charge in [-0.1, -0.05) is 0 Å². The zero-order chi connectivity index (χ0) is 13.3. The molecule has 96 valence electrons. The van der Waals surface area contributed by atoms with E-state index < -0.39 is 17.9 Å². The number of carbonyl (C=O) groups is 3. The average Bonchev–Trinajstić information content (AvgIpc) is 2.82. The molecule has 1 aromatic heterocycles. The van der Waals surface area contributed by atoms with Crippen LogP contribution in [0.1, 0.15) is 27.4 Å². The largest absolute Gasteiger partial charge is 0.468 e. The molecule has 0 radical (unpaired) electrons. The van der Waals surface area contributed by atoms with Gasteiger partial charge in [0.15, 0.2) is 11.5 Å². The SMILES string of the molecule is COC(=O)c1cc2n(n1)CC[C@@H](C(=O)OC)C2=O. The summed E-state index contributed by atoms with van der Waals surface area (Å²) in [4.78, 5) is 34.8. The number of esters is 2. The van der Waals surface area contributed by atoms with Crippen LogP contribution in [0.2, 0.25) is 0 Å². The van der Waals surface area contributed by atoms with E-state index in [-0.39, 0.29) is 17.2 Å². The van der Waals surface area contributed by atoms with Crippen molar-refractivity contribution in [2.24, 2.45) is 5.92 Å². The highest BCUT2D eigenvalue weighted by atomic mass is 16.5. The Morgan fingerprint density at radius 1 is 1.39 bits per heavy atom. The van der Waals surface area contributed by atoms with Gasteiger partial charge in [-0.2, -0.15) is 5.10 Å². The maximum absolute atomic E-state index is 12.0. The van der Waals surface area contributed by atoms with E-state index in [2.05, 4.69) is 14.6 Å². The Morgan fingerprint density at radius 3 is 2.72 bits per heavy atom. The van der Waals surface area contributed by atoms with E-state index in [1.54, 1.807) is 0 Å². The number of hydrogen-bond donors (Lipinski definition) is 0. The number of aryl methyl sites for hydroxylation is 1. The summed E-state index contributed by atoms with van der Waals surface area (Å²) in [6.07, 6.45) is 0.320. The van der Waals surface area contributed by atoms with Crippen LogP contribution >= 0.6 is 0 Å². The van der Waals surface area contributed by atoms with Crippen molar-refractivity contribution in [1.29, 1.82) is 0 Å². The van der Waals surface area contributed by atoms with Crippen LogP contribution in [0.15, 0.2) is 6.07 Å². The van der Waals surface area contributed by atoms with Gasteiger partial charge in [-0.15, -0.1) is 0 Å². The molecule has 2 rings (SSSR count). The molecule has 0 spiro atoms. The summed E-state index contributed by atoms with van der Waals surface area (Å²) in [5.74, 6) is -2.37. The molecule has 1 aliphatic heterocycles. The van der Waals surface area contributed by atoms with Crippen molar-refractivity contribution >= 4 is 17.7 Å². The molecule has 7 heteroatoms. The van der Waals surface area contributed by atoms with Crippen molar-refractivity contribution in [2.45, 2.75) is 13.0 Å². The predicted molar refractivity (Wildman–Crippen MR) is 58.0 cm³/mol. The Balaban J connectivity index is 2.32. The Morgan fingerprint density at radius 2 is 2.11 bits per heavy atom. The molecule has 0 amide bonds. The fraction of sp³-hybridized carbons (Fsp3) is 0.455. The quantitative estimate of drug-likeness (QED) is 0.545. The molecule has 0 fully saturated rings. The Kier molecular flexibility index (Phi) is 3.14. The number of hydrogen-bond acceptors (Lipinski definition) is 6. The van der Waals surface area contributed by atoms with Crippen LogP contribution in [-0.2, 0) is 20.8 Å². The van der Waals surface area contributed by atoms with Gasteiger partial charge in [-0.05, 0) is 6.42 Å². The third-order valence-corrected chi connectivity index (χ3v) is 2.86. The van der Waals surface area contributed by atoms with E-state index in [0.717, 1.165) is 0 Å². The minimum Gasteiger partial charge on any atom is -0.468 e. The lowest BCUT2D eigenvalue weighted by Gasteiger charge is -2.19. The summed E-state index contributed by atoms with van der Waals surface area (Å²) in [7, 11) is 2.47. The Bertz CT molecular complexity index is 520. The van der Waals surface area contributed by atoms with Crippen molar-refractivity contribution in [3.8, 4) is 0 Å². The second-order valence-corrected chi connectivity index (χ2v) is 3.86. The number of rotatable bonds is 2. The molecule has 1 aliphatic rings. The number of nitrogens with zero attached hydrogens (tertiary/aromatic N) is 2. The minimum atomic E-state index is -0.815. The fourth-order valence-corrected chi connectivity index (χ4v) is 1.92. The molecule has 0 aliphatic carbocycles.